The summed E-state index contributed by atoms with van der Waals surface area (Å²) >= 11 is 5.17. The van der Waals surface area contributed by atoms with Crippen LogP contribution in [0.5, 0.6) is 0 Å². The minimum Gasteiger partial charge on any atom is -0.460 e. The van der Waals surface area contributed by atoms with E-state index in [1.165, 1.54) is 0 Å². The maximum absolute atomic E-state index is 5.57. The molecule has 0 atom stereocenters. The normalized spacial score (nSPS) is 10.5. The molecule has 116 valence electrons. The standard InChI is InChI=1S/C16H15N5OS/c1-3-8-17-16(23)21-14-7-5-11-15(20-14)19-12(9-18-11)13-6-4-10(2)22-13/h3-7,9H,1,8H2,2H3,(H2,17,19,20,21,23). The Kier molecular flexibility index (Phi) is 4.29. The van der Waals surface area contributed by atoms with Gasteiger partial charge < -0.3 is 15.1 Å². The zero-order valence-corrected chi connectivity index (χ0v) is 13.4. The summed E-state index contributed by atoms with van der Waals surface area (Å²) < 4.78 is 5.57. The number of aromatic nitrogens is 3. The third kappa shape index (κ3) is 3.51. The van der Waals surface area contributed by atoms with Crippen LogP contribution in [-0.4, -0.2) is 26.6 Å². The minimum absolute atomic E-state index is 0.475. The molecule has 0 aromatic carbocycles. The van der Waals surface area contributed by atoms with E-state index in [9.17, 15) is 0 Å². The summed E-state index contributed by atoms with van der Waals surface area (Å²) in [7, 11) is 0. The molecular formula is C16H15N5OS. The van der Waals surface area contributed by atoms with Gasteiger partial charge in [-0.2, -0.15) is 0 Å². The Bertz CT molecular complexity index is 874. The van der Waals surface area contributed by atoms with Crippen LogP contribution in [0.1, 0.15) is 5.76 Å². The number of pyridine rings is 1. The molecule has 0 spiro atoms. The Morgan fingerprint density at radius 2 is 2.17 bits per heavy atom. The number of anilines is 1. The highest BCUT2D eigenvalue weighted by Gasteiger charge is 2.08. The highest BCUT2D eigenvalue weighted by Crippen LogP contribution is 2.21. The lowest BCUT2D eigenvalue weighted by Gasteiger charge is -2.08. The summed E-state index contributed by atoms with van der Waals surface area (Å²) in [4.78, 5) is 13.3. The molecule has 0 saturated heterocycles. The van der Waals surface area contributed by atoms with Crippen LogP contribution >= 0.6 is 12.2 Å². The molecule has 3 aromatic rings. The second-order valence-corrected chi connectivity index (χ2v) is 5.24. The number of fused-ring (bicyclic) bond motifs is 1. The van der Waals surface area contributed by atoms with Gasteiger partial charge in [-0.25, -0.2) is 9.97 Å². The fraction of sp³-hybridized carbons (Fsp3) is 0.125. The van der Waals surface area contributed by atoms with Gasteiger partial charge in [0.15, 0.2) is 16.5 Å². The predicted octanol–water partition coefficient (Wildman–Crippen LogP) is 3.07. The maximum atomic E-state index is 5.57. The van der Waals surface area contributed by atoms with Gasteiger partial charge in [0.05, 0.1) is 6.20 Å². The van der Waals surface area contributed by atoms with Crippen molar-refractivity contribution >= 4 is 34.3 Å². The molecular weight excluding hydrogens is 310 g/mol. The molecule has 23 heavy (non-hydrogen) atoms. The zero-order valence-electron chi connectivity index (χ0n) is 12.5. The van der Waals surface area contributed by atoms with Crippen molar-refractivity contribution in [3.63, 3.8) is 0 Å². The van der Waals surface area contributed by atoms with Crippen LogP contribution in [0.4, 0.5) is 5.82 Å². The number of hydrogen-bond donors (Lipinski definition) is 2. The van der Waals surface area contributed by atoms with Crippen molar-refractivity contribution in [2.45, 2.75) is 6.92 Å². The second kappa shape index (κ2) is 6.53. The van der Waals surface area contributed by atoms with Gasteiger partial charge in [0.25, 0.3) is 0 Å². The summed E-state index contributed by atoms with van der Waals surface area (Å²) in [6.45, 7) is 6.10. The average Bonchev–Trinajstić information content (AvgIpc) is 2.99. The SMILES string of the molecule is C=CCNC(=S)Nc1ccc2ncc(-c3ccc(C)o3)nc2n1. The molecule has 7 heteroatoms. The van der Waals surface area contributed by atoms with Gasteiger partial charge in [-0.05, 0) is 43.4 Å². The van der Waals surface area contributed by atoms with Gasteiger partial charge in [0.1, 0.15) is 22.8 Å². The van der Waals surface area contributed by atoms with Gasteiger partial charge >= 0.3 is 0 Å². The number of rotatable bonds is 4. The first-order chi connectivity index (χ1) is 11.2. The van der Waals surface area contributed by atoms with E-state index in [2.05, 4.69) is 32.2 Å². The van der Waals surface area contributed by atoms with Crippen LogP contribution in [0.15, 0.2) is 47.5 Å². The van der Waals surface area contributed by atoms with E-state index < -0.39 is 0 Å². The number of furan rings is 1. The predicted molar refractivity (Wildman–Crippen MR) is 94.2 cm³/mol. The summed E-state index contributed by atoms with van der Waals surface area (Å²) in [6, 6.07) is 7.39. The van der Waals surface area contributed by atoms with E-state index in [-0.39, 0.29) is 0 Å². The largest absolute Gasteiger partial charge is 0.460 e. The van der Waals surface area contributed by atoms with E-state index in [1.54, 1.807) is 18.3 Å². The van der Waals surface area contributed by atoms with Crippen molar-refractivity contribution in [2.75, 3.05) is 11.9 Å². The molecule has 0 aliphatic carbocycles. The molecule has 0 radical (unpaired) electrons. The molecule has 0 saturated carbocycles. The monoisotopic (exact) mass is 325 g/mol. The maximum Gasteiger partial charge on any atom is 0.180 e. The molecule has 0 amide bonds. The third-order valence-electron chi connectivity index (χ3n) is 3.05. The molecule has 3 rings (SSSR count). The van der Waals surface area contributed by atoms with Crippen LogP contribution in [0.25, 0.3) is 22.6 Å². The summed E-state index contributed by atoms with van der Waals surface area (Å²) in [5.41, 5.74) is 1.86. The highest BCUT2D eigenvalue weighted by atomic mass is 32.1. The lowest BCUT2D eigenvalue weighted by atomic mass is 10.3. The van der Waals surface area contributed by atoms with Crippen molar-refractivity contribution in [3.8, 4) is 11.5 Å². The number of aryl methyl sites for hydroxylation is 1. The average molecular weight is 325 g/mol. The molecule has 2 N–H and O–H groups in total. The molecule has 0 bridgehead atoms. The Labute approximate surface area is 138 Å². The molecule has 6 nitrogen and oxygen atoms in total. The molecule has 3 aromatic heterocycles. The molecule has 0 aliphatic rings. The first-order valence-corrected chi connectivity index (χ1v) is 7.43. The highest BCUT2D eigenvalue weighted by molar-refractivity contribution is 7.80. The number of hydrogen-bond acceptors (Lipinski definition) is 5. The Morgan fingerprint density at radius 1 is 1.30 bits per heavy atom. The third-order valence-corrected chi connectivity index (χ3v) is 3.29. The lowest BCUT2D eigenvalue weighted by Crippen LogP contribution is -2.28. The molecule has 0 aliphatic heterocycles. The van der Waals surface area contributed by atoms with Crippen molar-refractivity contribution in [1.29, 1.82) is 0 Å². The van der Waals surface area contributed by atoms with Gasteiger partial charge in [-0.1, -0.05) is 6.08 Å². The van der Waals surface area contributed by atoms with E-state index in [4.69, 9.17) is 16.6 Å². The van der Waals surface area contributed by atoms with E-state index in [0.29, 0.717) is 40.1 Å². The second-order valence-electron chi connectivity index (χ2n) is 4.83. The van der Waals surface area contributed by atoms with E-state index >= 15 is 0 Å². The Balaban J connectivity index is 1.88. The molecule has 3 heterocycles. The summed E-state index contributed by atoms with van der Waals surface area (Å²) in [5.74, 6) is 2.09. The van der Waals surface area contributed by atoms with Crippen molar-refractivity contribution in [2.24, 2.45) is 0 Å². The number of nitrogens with one attached hydrogen (secondary N) is 2. The van der Waals surface area contributed by atoms with Crippen LogP contribution in [0.3, 0.4) is 0 Å². The Hall–Kier alpha value is -2.80. The minimum atomic E-state index is 0.475. The van der Waals surface area contributed by atoms with E-state index in [1.807, 2.05) is 25.1 Å². The topological polar surface area (TPSA) is 75.9 Å². The molecule has 0 unspecified atom stereocenters. The van der Waals surface area contributed by atoms with Gasteiger partial charge in [-0.3, -0.25) is 4.98 Å². The fourth-order valence-corrected chi connectivity index (χ4v) is 2.17. The number of nitrogens with zero attached hydrogens (tertiary/aromatic N) is 3. The van der Waals surface area contributed by atoms with Crippen LogP contribution in [0, 0.1) is 6.92 Å². The van der Waals surface area contributed by atoms with Crippen molar-refractivity contribution < 1.29 is 4.42 Å². The molecule has 0 fully saturated rings. The van der Waals surface area contributed by atoms with Gasteiger partial charge in [0, 0.05) is 6.54 Å². The zero-order chi connectivity index (χ0) is 16.2. The van der Waals surface area contributed by atoms with Crippen molar-refractivity contribution in [3.05, 3.63) is 48.9 Å². The van der Waals surface area contributed by atoms with E-state index in [0.717, 1.165) is 5.76 Å². The quantitative estimate of drug-likeness (QED) is 0.564. The lowest BCUT2D eigenvalue weighted by molar-refractivity contribution is 0.546. The van der Waals surface area contributed by atoms with Gasteiger partial charge in [-0.15, -0.1) is 6.58 Å². The van der Waals surface area contributed by atoms with Crippen LogP contribution in [0.2, 0.25) is 0 Å². The summed E-state index contributed by atoms with van der Waals surface area (Å²) in [6.07, 6.45) is 3.40. The Morgan fingerprint density at radius 3 is 2.91 bits per heavy atom. The van der Waals surface area contributed by atoms with Crippen molar-refractivity contribution in [1.82, 2.24) is 20.3 Å². The number of thiocarbonyl (C=S) groups is 1. The van der Waals surface area contributed by atoms with Crippen LogP contribution in [-0.2, 0) is 0 Å². The summed E-state index contributed by atoms with van der Waals surface area (Å²) in [5, 5.41) is 6.46. The first-order valence-electron chi connectivity index (χ1n) is 7.02. The van der Waals surface area contributed by atoms with Crippen LogP contribution < -0.4 is 10.6 Å². The van der Waals surface area contributed by atoms with Gasteiger partial charge in [0.2, 0.25) is 0 Å². The first kappa shape index (κ1) is 15.1. The smallest absolute Gasteiger partial charge is 0.180 e. The fourth-order valence-electron chi connectivity index (χ4n) is 1.98.